The summed E-state index contributed by atoms with van der Waals surface area (Å²) in [5.74, 6) is 0.117. The van der Waals surface area contributed by atoms with Crippen molar-refractivity contribution in [2.75, 3.05) is 6.54 Å². The summed E-state index contributed by atoms with van der Waals surface area (Å²) in [4.78, 5) is 11.7. The lowest BCUT2D eigenvalue weighted by Gasteiger charge is -2.19. The Morgan fingerprint density at radius 2 is 2.20 bits per heavy atom. The van der Waals surface area contributed by atoms with Crippen LogP contribution in [0.5, 0.6) is 0 Å². The van der Waals surface area contributed by atoms with Gasteiger partial charge in [0.15, 0.2) is 0 Å². The van der Waals surface area contributed by atoms with Crippen LogP contribution in [-0.4, -0.2) is 29.7 Å². The number of rotatable bonds is 4. The van der Waals surface area contributed by atoms with Gasteiger partial charge in [-0.05, 0) is 18.8 Å². The molecule has 15 heavy (non-hydrogen) atoms. The van der Waals surface area contributed by atoms with E-state index in [2.05, 4.69) is 5.32 Å². The lowest BCUT2D eigenvalue weighted by molar-refractivity contribution is -0.125. The normalized spacial score (nSPS) is 28.1. The average Bonchev–Trinajstić information content (AvgIpc) is 2.60. The standard InChI is InChI=1S/C11H22N2O2/c1-7(2)10(14)6-13-11(15)8-4-3-5-9(8)12/h7-10,14H,3-6,12H2,1-2H3,(H,13,15). The molecule has 0 spiro atoms. The summed E-state index contributed by atoms with van der Waals surface area (Å²) in [6.45, 7) is 4.19. The molecule has 1 aliphatic carbocycles. The van der Waals surface area contributed by atoms with E-state index in [1.165, 1.54) is 0 Å². The maximum Gasteiger partial charge on any atom is 0.224 e. The summed E-state index contributed by atoms with van der Waals surface area (Å²) in [5, 5.41) is 12.3. The second kappa shape index (κ2) is 5.47. The van der Waals surface area contributed by atoms with Crippen molar-refractivity contribution in [2.45, 2.75) is 45.3 Å². The van der Waals surface area contributed by atoms with Gasteiger partial charge in [0.1, 0.15) is 0 Å². The maximum atomic E-state index is 11.7. The van der Waals surface area contributed by atoms with Crippen LogP contribution in [0.3, 0.4) is 0 Å². The summed E-state index contributed by atoms with van der Waals surface area (Å²) < 4.78 is 0. The Kier molecular flexibility index (Phi) is 4.54. The van der Waals surface area contributed by atoms with Gasteiger partial charge in [-0.1, -0.05) is 20.3 Å². The molecular weight excluding hydrogens is 192 g/mol. The molecule has 3 atom stereocenters. The first-order valence-electron chi connectivity index (χ1n) is 5.73. The molecule has 0 aromatic carbocycles. The monoisotopic (exact) mass is 214 g/mol. The second-order valence-corrected chi connectivity index (χ2v) is 4.76. The first-order chi connectivity index (χ1) is 7.02. The van der Waals surface area contributed by atoms with E-state index in [0.717, 1.165) is 19.3 Å². The fourth-order valence-electron chi connectivity index (χ4n) is 1.89. The number of amides is 1. The molecule has 1 amide bonds. The minimum absolute atomic E-state index is 0.000278. The minimum Gasteiger partial charge on any atom is -0.391 e. The zero-order valence-electron chi connectivity index (χ0n) is 9.57. The highest BCUT2D eigenvalue weighted by Gasteiger charge is 2.30. The van der Waals surface area contributed by atoms with Gasteiger partial charge in [0.2, 0.25) is 5.91 Å². The third-order valence-corrected chi connectivity index (χ3v) is 3.16. The number of nitrogens with one attached hydrogen (secondary N) is 1. The van der Waals surface area contributed by atoms with Gasteiger partial charge in [0.05, 0.1) is 12.0 Å². The number of carbonyl (C=O) groups is 1. The molecule has 0 bridgehead atoms. The van der Waals surface area contributed by atoms with Gasteiger partial charge in [0, 0.05) is 12.6 Å². The Bertz CT molecular complexity index is 219. The van der Waals surface area contributed by atoms with E-state index in [4.69, 9.17) is 5.73 Å². The quantitative estimate of drug-likeness (QED) is 0.628. The van der Waals surface area contributed by atoms with E-state index < -0.39 is 6.10 Å². The highest BCUT2D eigenvalue weighted by Crippen LogP contribution is 2.23. The van der Waals surface area contributed by atoms with Crippen LogP contribution in [-0.2, 0) is 4.79 Å². The summed E-state index contributed by atoms with van der Waals surface area (Å²) in [6.07, 6.45) is 2.38. The molecule has 1 aliphatic rings. The van der Waals surface area contributed by atoms with Gasteiger partial charge in [0.25, 0.3) is 0 Å². The number of carbonyl (C=O) groups excluding carboxylic acids is 1. The largest absolute Gasteiger partial charge is 0.391 e. The predicted molar refractivity (Wildman–Crippen MR) is 59.2 cm³/mol. The molecule has 0 aromatic rings. The van der Waals surface area contributed by atoms with E-state index in [-0.39, 0.29) is 23.8 Å². The van der Waals surface area contributed by atoms with Crippen LogP contribution < -0.4 is 11.1 Å². The zero-order chi connectivity index (χ0) is 11.4. The minimum atomic E-state index is -0.466. The SMILES string of the molecule is CC(C)C(O)CNC(=O)C1CCCC1N. The Hall–Kier alpha value is -0.610. The van der Waals surface area contributed by atoms with Crippen molar-refractivity contribution in [2.24, 2.45) is 17.6 Å². The van der Waals surface area contributed by atoms with E-state index >= 15 is 0 Å². The molecule has 4 heteroatoms. The maximum absolute atomic E-state index is 11.7. The van der Waals surface area contributed by atoms with Crippen LogP contribution >= 0.6 is 0 Å². The molecule has 0 radical (unpaired) electrons. The van der Waals surface area contributed by atoms with Crippen LogP contribution in [0.15, 0.2) is 0 Å². The average molecular weight is 214 g/mol. The van der Waals surface area contributed by atoms with Crippen molar-refractivity contribution < 1.29 is 9.90 Å². The number of aliphatic hydroxyl groups is 1. The van der Waals surface area contributed by atoms with Crippen molar-refractivity contribution in [1.29, 1.82) is 0 Å². The third kappa shape index (κ3) is 3.47. The lowest BCUT2D eigenvalue weighted by atomic mass is 10.0. The first-order valence-corrected chi connectivity index (χ1v) is 5.73. The molecule has 3 unspecified atom stereocenters. The van der Waals surface area contributed by atoms with Gasteiger partial charge >= 0.3 is 0 Å². The Labute approximate surface area is 91.2 Å². The summed E-state index contributed by atoms with van der Waals surface area (Å²) >= 11 is 0. The fourth-order valence-corrected chi connectivity index (χ4v) is 1.89. The molecule has 4 nitrogen and oxygen atoms in total. The fraction of sp³-hybridized carbons (Fsp3) is 0.909. The van der Waals surface area contributed by atoms with Gasteiger partial charge in [-0.25, -0.2) is 0 Å². The molecule has 0 aliphatic heterocycles. The Morgan fingerprint density at radius 3 is 2.67 bits per heavy atom. The summed E-state index contributed by atoms with van der Waals surface area (Å²) in [7, 11) is 0. The van der Waals surface area contributed by atoms with Crippen molar-refractivity contribution in [1.82, 2.24) is 5.32 Å². The van der Waals surface area contributed by atoms with Crippen molar-refractivity contribution in [3.63, 3.8) is 0 Å². The highest BCUT2D eigenvalue weighted by atomic mass is 16.3. The summed E-state index contributed by atoms with van der Waals surface area (Å²) in [5.41, 5.74) is 5.82. The predicted octanol–water partition coefficient (Wildman–Crippen LogP) is 0.247. The smallest absolute Gasteiger partial charge is 0.224 e. The molecule has 4 N–H and O–H groups in total. The van der Waals surface area contributed by atoms with Crippen LogP contribution in [0, 0.1) is 11.8 Å². The molecule has 1 saturated carbocycles. The number of nitrogens with two attached hydrogens (primary N) is 1. The van der Waals surface area contributed by atoms with E-state index in [0.29, 0.717) is 6.54 Å². The topological polar surface area (TPSA) is 75.3 Å². The lowest BCUT2D eigenvalue weighted by Crippen LogP contribution is -2.42. The molecule has 0 aromatic heterocycles. The zero-order valence-corrected chi connectivity index (χ0v) is 9.57. The molecule has 88 valence electrons. The van der Waals surface area contributed by atoms with E-state index in [1.807, 2.05) is 13.8 Å². The van der Waals surface area contributed by atoms with Gasteiger partial charge in [-0.15, -0.1) is 0 Å². The highest BCUT2D eigenvalue weighted by molar-refractivity contribution is 5.79. The van der Waals surface area contributed by atoms with Crippen LogP contribution in [0.4, 0.5) is 0 Å². The number of hydrogen-bond acceptors (Lipinski definition) is 3. The molecule has 0 heterocycles. The van der Waals surface area contributed by atoms with Crippen LogP contribution in [0.1, 0.15) is 33.1 Å². The summed E-state index contributed by atoms with van der Waals surface area (Å²) in [6, 6.07) is 0.00110. The van der Waals surface area contributed by atoms with Crippen molar-refractivity contribution in [3.8, 4) is 0 Å². The second-order valence-electron chi connectivity index (χ2n) is 4.76. The van der Waals surface area contributed by atoms with Gasteiger partial charge in [-0.2, -0.15) is 0 Å². The first kappa shape index (κ1) is 12.5. The van der Waals surface area contributed by atoms with Crippen LogP contribution in [0.2, 0.25) is 0 Å². The van der Waals surface area contributed by atoms with Gasteiger partial charge in [-0.3, -0.25) is 4.79 Å². The van der Waals surface area contributed by atoms with Crippen LogP contribution in [0.25, 0.3) is 0 Å². The Balaban J connectivity index is 2.29. The molecule has 1 fully saturated rings. The molecule has 0 saturated heterocycles. The Morgan fingerprint density at radius 1 is 1.53 bits per heavy atom. The van der Waals surface area contributed by atoms with Crippen molar-refractivity contribution in [3.05, 3.63) is 0 Å². The molecule has 1 rings (SSSR count). The van der Waals surface area contributed by atoms with Gasteiger partial charge < -0.3 is 16.2 Å². The number of hydrogen-bond donors (Lipinski definition) is 3. The van der Waals surface area contributed by atoms with E-state index in [1.54, 1.807) is 0 Å². The molecular formula is C11H22N2O2. The van der Waals surface area contributed by atoms with E-state index in [9.17, 15) is 9.90 Å². The third-order valence-electron chi connectivity index (χ3n) is 3.16. The number of aliphatic hydroxyl groups excluding tert-OH is 1. The van der Waals surface area contributed by atoms with Crippen molar-refractivity contribution >= 4 is 5.91 Å².